The highest BCUT2D eigenvalue weighted by atomic mass is 32.2. The molecule has 2 aliphatic rings. The summed E-state index contributed by atoms with van der Waals surface area (Å²) >= 11 is 0. The molecule has 2 heterocycles. The van der Waals surface area contributed by atoms with Crippen LogP contribution in [0.4, 0.5) is 0 Å². The fraction of sp³-hybridized carbons (Fsp3) is 1.00. The van der Waals surface area contributed by atoms with Gasteiger partial charge in [-0.2, -0.15) is 17.0 Å². The van der Waals surface area contributed by atoms with Crippen molar-refractivity contribution in [2.24, 2.45) is 0 Å². The van der Waals surface area contributed by atoms with E-state index in [-0.39, 0.29) is 12.6 Å². The Hall–Kier alpha value is -0.170. The van der Waals surface area contributed by atoms with E-state index < -0.39 is 10.2 Å². The monoisotopic (exact) mass is 234 g/mol. The second-order valence-corrected chi connectivity index (χ2v) is 6.08. The molecule has 2 rings (SSSR count). The Balaban J connectivity index is 2.13. The molecular formula is C9H18N2O3S. The lowest BCUT2D eigenvalue weighted by molar-refractivity contribution is 0.207. The molecule has 0 saturated carbocycles. The van der Waals surface area contributed by atoms with Crippen LogP contribution in [0.5, 0.6) is 0 Å². The van der Waals surface area contributed by atoms with Crippen LogP contribution in [0, 0.1) is 0 Å². The molecule has 0 amide bonds. The molecule has 0 aromatic heterocycles. The Labute approximate surface area is 90.9 Å². The number of rotatable bonds is 3. The summed E-state index contributed by atoms with van der Waals surface area (Å²) in [6, 6.07) is -0.199. The van der Waals surface area contributed by atoms with E-state index in [2.05, 4.69) is 0 Å². The van der Waals surface area contributed by atoms with Crippen molar-refractivity contribution in [3.05, 3.63) is 0 Å². The molecular weight excluding hydrogens is 216 g/mol. The number of hydrogen-bond acceptors (Lipinski definition) is 3. The molecule has 0 aliphatic carbocycles. The lowest BCUT2D eigenvalue weighted by Crippen LogP contribution is -2.45. The molecule has 0 radical (unpaired) electrons. The highest BCUT2D eigenvalue weighted by Crippen LogP contribution is 2.25. The van der Waals surface area contributed by atoms with Crippen molar-refractivity contribution in [1.82, 2.24) is 8.61 Å². The molecule has 1 N–H and O–H groups in total. The highest BCUT2D eigenvalue weighted by molar-refractivity contribution is 7.86. The van der Waals surface area contributed by atoms with E-state index >= 15 is 0 Å². The smallest absolute Gasteiger partial charge is 0.282 e. The van der Waals surface area contributed by atoms with Crippen molar-refractivity contribution in [2.45, 2.75) is 31.7 Å². The number of aliphatic hydroxyl groups excluding tert-OH is 1. The zero-order valence-electron chi connectivity index (χ0n) is 8.80. The van der Waals surface area contributed by atoms with Gasteiger partial charge in [-0.1, -0.05) is 0 Å². The molecule has 2 aliphatic heterocycles. The largest absolute Gasteiger partial charge is 0.395 e. The summed E-state index contributed by atoms with van der Waals surface area (Å²) in [6.45, 7) is 1.77. The van der Waals surface area contributed by atoms with E-state index in [1.54, 1.807) is 4.31 Å². The van der Waals surface area contributed by atoms with E-state index in [1.807, 2.05) is 0 Å². The molecule has 0 aromatic carbocycles. The van der Waals surface area contributed by atoms with E-state index in [1.165, 1.54) is 4.31 Å². The molecule has 5 nitrogen and oxygen atoms in total. The van der Waals surface area contributed by atoms with Crippen LogP contribution in [0.3, 0.4) is 0 Å². The quantitative estimate of drug-likeness (QED) is 0.734. The zero-order chi connectivity index (χ0) is 10.9. The molecule has 0 spiro atoms. The van der Waals surface area contributed by atoms with Crippen molar-refractivity contribution in [3.63, 3.8) is 0 Å². The topological polar surface area (TPSA) is 60.9 Å². The maximum Gasteiger partial charge on any atom is 0.282 e. The third kappa shape index (κ3) is 2.04. The SMILES string of the molecule is O=S(=O)(N1CCCC1)N1CCC[C@H]1CO. The lowest BCUT2D eigenvalue weighted by atomic mass is 10.2. The molecule has 0 unspecified atom stereocenters. The first-order valence-electron chi connectivity index (χ1n) is 5.54. The van der Waals surface area contributed by atoms with Crippen molar-refractivity contribution in [3.8, 4) is 0 Å². The van der Waals surface area contributed by atoms with Gasteiger partial charge in [0.2, 0.25) is 0 Å². The number of hydrogen-bond donors (Lipinski definition) is 1. The fourth-order valence-corrected chi connectivity index (χ4v) is 4.29. The Morgan fingerprint density at radius 2 is 1.80 bits per heavy atom. The molecule has 15 heavy (non-hydrogen) atoms. The van der Waals surface area contributed by atoms with Crippen molar-refractivity contribution in [1.29, 1.82) is 0 Å². The summed E-state index contributed by atoms with van der Waals surface area (Å²) in [5, 5.41) is 9.12. The minimum absolute atomic E-state index is 0.0624. The van der Waals surface area contributed by atoms with Crippen LogP contribution in [-0.4, -0.2) is 54.4 Å². The first-order valence-corrected chi connectivity index (χ1v) is 6.94. The third-order valence-corrected chi connectivity index (χ3v) is 5.31. The van der Waals surface area contributed by atoms with Crippen LogP contribution >= 0.6 is 0 Å². The van der Waals surface area contributed by atoms with Gasteiger partial charge in [0.25, 0.3) is 10.2 Å². The molecule has 0 bridgehead atoms. The normalized spacial score (nSPS) is 30.1. The zero-order valence-corrected chi connectivity index (χ0v) is 9.62. The Morgan fingerprint density at radius 3 is 2.40 bits per heavy atom. The maximum atomic E-state index is 12.1. The van der Waals surface area contributed by atoms with Gasteiger partial charge >= 0.3 is 0 Å². The van der Waals surface area contributed by atoms with Crippen molar-refractivity contribution >= 4 is 10.2 Å². The highest BCUT2D eigenvalue weighted by Gasteiger charge is 2.38. The summed E-state index contributed by atoms with van der Waals surface area (Å²) in [5.74, 6) is 0. The van der Waals surface area contributed by atoms with Gasteiger partial charge < -0.3 is 5.11 Å². The molecule has 88 valence electrons. The van der Waals surface area contributed by atoms with Crippen LogP contribution in [0.25, 0.3) is 0 Å². The fourth-order valence-electron chi connectivity index (χ4n) is 2.36. The predicted octanol–water partition coefficient (Wildman–Crippen LogP) is -0.216. The second-order valence-electron chi connectivity index (χ2n) is 4.20. The van der Waals surface area contributed by atoms with Crippen LogP contribution in [0.2, 0.25) is 0 Å². The van der Waals surface area contributed by atoms with Crippen LogP contribution in [-0.2, 0) is 10.2 Å². The standard InChI is InChI=1S/C9H18N2O3S/c12-8-9-4-3-7-11(9)15(13,14)10-5-1-2-6-10/h9,12H,1-8H2/t9-/m0/s1. The minimum Gasteiger partial charge on any atom is -0.395 e. The third-order valence-electron chi connectivity index (χ3n) is 3.22. The number of aliphatic hydroxyl groups is 1. The summed E-state index contributed by atoms with van der Waals surface area (Å²) in [6.07, 6.45) is 3.55. The van der Waals surface area contributed by atoms with Gasteiger partial charge in [0.05, 0.1) is 6.61 Å². The Morgan fingerprint density at radius 1 is 1.13 bits per heavy atom. The Bertz CT molecular complexity index is 311. The van der Waals surface area contributed by atoms with Crippen molar-refractivity contribution < 1.29 is 13.5 Å². The van der Waals surface area contributed by atoms with Gasteiger partial charge in [0.15, 0.2) is 0 Å². The summed E-state index contributed by atoms with van der Waals surface area (Å²) in [5.41, 5.74) is 0. The van der Waals surface area contributed by atoms with E-state index in [0.717, 1.165) is 25.7 Å². The second kappa shape index (κ2) is 4.37. The average Bonchev–Trinajstić information content (AvgIpc) is 2.89. The summed E-state index contributed by atoms with van der Waals surface area (Å²) in [7, 11) is -3.29. The molecule has 6 heteroatoms. The molecule has 2 saturated heterocycles. The van der Waals surface area contributed by atoms with E-state index in [0.29, 0.717) is 19.6 Å². The van der Waals surface area contributed by atoms with Gasteiger partial charge in [-0.05, 0) is 25.7 Å². The van der Waals surface area contributed by atoms with Crippen LogP contribution < -0.4 is 0 Å². The number of nitrogens with zero attached hydrogens (tertiary/aromatic N) is 2. The molecule has 1 atom stereocenters. The predicted molar refractivity (Wildman–Crippen MR) is 56.5 cm³/mol. The minimum atomic E-state index is -3.29. The molecule has 2 fully saturated rings. The average molecular weight is 234 g/mol. The van der Waals surface area contributed by atoms with Gasteiger partial charge in [-0.15, -0.1) is 0 Å². The van der Waals surface area contributed by atoms with E-state index in [4.69, 9.17) is 5.11 Å². The Kier molecular flexibility index (Phi) is 3.30. The van der Waals surface area contributed by atoms with Gasteiger partial charge in [-0.3, -0.25) is 0 Å². The van der Waals surface area contributed by atoms with Crippen LogP contribution in [0.1, 0.15) is 25.7 Å². The van der Waals surface area contributed by atoms with Crippen molar-refractivity contribution in [2.75, 3.05) is 26.2 Å². The van der Waals surface area contributed by atoms with E-state index in [9.17, 15) is 8.42 Å². The first kappa shape index (κ1) is 11.3. The summed E-state index contributed by atoms with van der Waals surface area (Å²) < 4.78 is 27.3. The molecule has 0 aromatic rings. The maximum absolute atomic E-state index is 12.1. The summed E-state index contributed by atoms with van der Waals surface area (Å²) in [4.78, 5) is 0. The van der Waals surface area contributed by atoms with Gasteiger partial charge in [0.1, 0.15) is 0 Å². The van der Waals surface area contributed by atoms with Gasteiger partial charge in [0, 0.05) is 25.7 Å². The first-order chi connectivity index (χ1) is 7.16. The lowest BCUT2D eigenvalue weighted by Gasteiger charge is -2.27. The van der Waals surface area contributed by atoms with Gasteiger partial charge in [-0.25, -0.2) is 0 Å². The van der Waals surface area contributed by atoms with Crippen LogP contribution in [0.15, 0.2) is 0 Å².